The molecule has 2 atom stereocenters. The van der Waals surface area contributed by atoms with E-state index in [1.54, 1.807) is 7.11 Å². The van der Waals surface area contributed by atoms with E-state index in [2.05, 4.69) is 15.1 Å². The molecule has 2 heterocycles. The minimum atomic E-state index is 0.594. The summed E-state index contributed by atoms with van der Waals surface area (Å²) in [5, 5.41) is 8.29. The fourth-order valence-electron chi connectivity index (χ4n) is 3.50. The zero-order valence-corrected chi connectivity index (χ0v) is 11.0. The van der Waals surface area contributed by atoms with Crippen LogP contribution < -0.4 is 4.74 Å². The van der Waals surface area contributed by atoms with Gasteiger partial charge in [-0.2, -0.15) is 5.10 Å². The van der Waals surface area contributed by atoms with Crippen LogP contribution in [0.5, 0.6) is 5.88 Å². The molecule has 0 bridgehead atoms. The van der Waals surface area contributed by atoms with E-state index < -0.39 is 0 Å². The fourth-order valence-corrected chi connectivity index (χ4v) is 3.50. The minimum absolute atomic E-state index is 0.594. The Kier molecular flexibility index (Phi) is 3.46. The lowest BCUT2D eigenvalue weighted by Gasteiger charge is -2.37. The second kappa shape index (κ2) is 5.22. The summed E-state index contributed by atoms with van der Waals surface area (Å²) < 4.78 is 5.04. The van der Waals surface area contributed by atoms with Crippen LogP contribution >= 0.6 is 0 Å². The number of hydrogen-bond acceptors (Lipinski definition) is 4. The van der Waals surface area contributed by atoms with E-state index in [-0.39, 0.29) is 0 Å². The van der Waals surface area contributed by atoms with Crippen molar-refractivity contribution in [2.24, 2.45) is 5.92 Å². The summed E-state index contributed by atoms with van der Waals surface area (Å²) in [5.41, 5.74) is 1.06. The van der Waals surface area contributed by atoms with Gasteiger partial charge in [0.25, 0.3) is 0 Å². The number of hydrogen-bond donors (Lipinski definition) is 0. The third-order valence-corrected chi connectivity index (χ3v) is 4.38. The quantitative estimate of drug-likeness (QED) is 0.821. The Morgan fingerprint density at radius 3 is 2.89 bits per heavy atom. The molecule has 98 valence electrons. The Hall–Kier alpha value is -1.16. The van der Waals surface area contributed by atoms with Crippen molar-refractivity contribution in [3.05, 3.63) is 17.8 Å². The van der Waals surface area contributed by atoms with Crippen molar-refractivity contribution in [2.45, 2.75) is 44.7 Å². The van der Waals surface area contributed by atoms with Crippen molar-refractivity contribution in [3.8, 4) is 5.88 Å². The maximum atomic E-state index is 5.04. The van der Waals surface area contributed by atoms with Gasteiger partial charge >= 0.3 is 0 Å². The SMILES string of the molecule is COc1ccc(CN2CCC[C@@H]3CCC[C@H]32)nn1. The van der Waals surface area contributed by atoms with E-state index in [9.17, 15) is 0 Å². The second-order valence-electron chi connectivity index (χ2n) is 5.44. The molecule has 0 unspecified atom stereocenters. The highest BCUT2D eigenvalue weighted by atomic mass is 16.5. The van der Waals surface area contributed by atoms with Gasteiger partial charge in [-0.25, -0.2) is 0 Å². The molecule has 0 radical (unpaired) electrons. The topological polar surface area (TPSA) is 38.2 Å². The predicted molar refractivity (Wildman–Crippen MR) is 69.4 cm³/mol. The minimum Gasteiger partial charge on any atom is -0.480 e. The number of aromatic nitrogens is 2. The average molecular weight is 247 g/mol. The molecular weight excluding hydrogens is 226 g/mol. The van der Waals surface area contributed by atoms with E-state index >= 15 is 0 Å². The molecule has 1 aromatic heterocycles. The van der Waals surface area contributed by atoms with Crippen LogP contribution in [-0.4, -0.2) is 34.8 Å². The molecule has 0 aromatic carbocycles. The Labute approximate surface area is 108 Å². The summed E-state index contributed by atoms with van der Waals surface area (Å²) in [6.07, 6.45) is 6.96. The average Bonchev–Trinajstić information content (AvgIpc) is 2.89. The van der Waals surface area contributed by atoms with Crippen LogP contribution in [0, 0.1) is 5.92 Å². The standard InChI is InChI=1S/C14H21N3O/c1-18-14-8-7-12(15-16-14)10-17-9-3-5-11-4-2-6-13(11)17/h7-8,11,13H,2-6,9-10H2,1H3/t11-,13+/m0/s1. The lowest BCUT2D eigenvalue weighted by Crippen LogP contribution is -2.42. The molecule has 4 nitrogen and oxygen atoms in total. The van der Waals surface area contributed by atoms with Gasteiger partial charge in [-0.3, -0.25) is 4.90 Å². The monoisotopic (exact) mass is 247 g/mol. The molecule has 18 heavy (non-hydrogen) atoms. The largest absolute Gasteiger partial charge is 0.480 e. The molecule has 1 aliphatic carbocycles. The molecular formula is C14H21N3O. The van der Waals surface area contributed by atoms with Crippen molar-refractivity contribution in [2.75, 3.05) is 13.7 Å². The van der Waals surface area contributed by atoms with Crippen LogP contribution in [0.3, 0.4) is 0 Å². The first-order chi connectivity index (χ1) is 8.86. The van der Waals surface area contributed by atoms with Crippen LogP contribution in [-0.2, 0) is 6.54 Å². The third-order valence-electron chi connectivity index (χ3n) is 4.38. The number of methoxy groups -OCH3 is 1. The Balaban J connectivity index is 1.67. The van der Waals surface area contributed by atoms with Crippen molar-refractivity contribution in [3.63, 3.8) is 0 Å². The van der Waals surface area contributed by atoms with Crippen molar-refractivity contribution in [1.82, 2.24) is 15.1 Å². The molecule has 4 heteroatoms. The van der Waals surface area contributed by atoms with Gasteiger partial charge in [-0.1, -0.05) is 6.42 Å². The lowest BCUT2D eigenvalue weighted by atomic mass is 9.92. The summed E-state index contributed by atoms with van der Waals surface area (Å²) in [6, 6.07) is 4.73. The van der Waals surface area contributed by atoms with Gasteiger partial charge in [0, 0.05) is 18.7 Å². The number of likely N-dealkylation sites (tertiary alicyclic amines) is 1. The molecule has 1 saturated heterocycles. The third kappa shape index (κ3) is 2.34. The molecule has 3 rings (SSSR count). The Morgan fingerprint density at radius 2 is 2.11 bits per heavy atom. The summed E-state index contributed by atoms with van der Waals surface area (Å²) in [5.74, 6) is 1.53. The van der Waals surface area contributed by atoms with E-state index in [0.29, 0.717) is 5.88 Å². The van der Waals surface area contributed by atoms with E-state index in [1.807, 2.05) is 12.1 Å². The number of nitrogens with zero attached hydrogens (tertiary/aromatic N) is 3. The smallest absolute Gasteiger partial charge is 0.233 e. The van der Waals surface area contributed by atoms with Gasteiger partial charge in [0.05, 0.1) is 12.8 Å². The number of rotatable bonds is 3. The Bertz CT molecular complexity index is 393. The molecule has 1 aromatic rings. The van der Waals surface area contributed by atoms with E-state index in [0.717, 1.165) is 24.2 Å². The first-order valence-electron chi connectivity index (χ1n) is 6.97. The molecule has 0 spiro atoms. The zero-order chi connectivity index (χ0) is 12.4. The van der Waals surface area contributed by atoms with E-state index in [1.165, 1.54) is 38.6 Å². The molecule has 0 amide bonds. The van der Waals surface area contributed by atoms with Gasteiger partial charge in [-0.15, -0.1) is 5.10 Å². The number of fused-ring (bicyclic) bond motifs is 1. The van der Waals surface area contributed by atoms with Crippen molar-refractivity contribution >= 4 is 0 Å². The van der Waals surface area contributed by atoms with Crippen LogP contribution in [0.1, 0.15) is 37.8 Å². The highest BCUT2D eigenvalue weighted by Crippen LogP contribution is 2.37. The normalized spacial score (nSPS) is 28.1. The van der Waals surface area contributed by atoms with Crippen LogP contribution in [0.2, 0.25) is 0 Å². The first kappa shape index (κ1) is 11.9. The van der Waals surface area contributed by atoms with Gasteiger partial charge < -0.3 is 4.74 Å². The van der Waals surface area contributed by atoms with Gasteiger partial charge in [-0.05, 0) is 44.2 Å². The first-order valence-corrected chi connectivity index (χ1v) is 6.97. The maximum Gasteiger partial charge on any atom is 0.233 e. The summed E-state index contributed by atoms with van der Waals surface area (Å²) >= 11 is 0. The van der Waals surface area contributed by atoms with Gasteiger partial charge in [0.15, 0.2) is 0 Å². The number of ether oxygens (including phenoxy) is 1. The fraction of sp³-hybridized carbons (Fsp3) is 0.714. The molecule has 2 aliphatic rings. The van der Waals surface area contributed by atoms with Crippen LogP contribution in [0.15, 0.2) is 12.1 Å². The zero-order valence-electron chi connectivity index (χ0n) is 11.0. The van der Waals surface area contributed by atoms with Crippen LogP contribution in [0.4, 0.5) is 0 Å². The maximum absolute atomic E-state index is 5.04. The molecule has 0 N–H and O–H groups in total. The molecule has 1 aliphatic heterocycles. The van der Waals surface area contributed by atoms with Gasteiger partial charge in [0.2, 0.25) is 5.88 Å². The second-order valence-corrected chi connectivity index (χ2v) is 5.44. The molecule has 1 saturated carbocycles. The predicted octanol–water partition coefficient (Wildman–Crippen LogP) is 2.25. The van der Waals surface area contributed by atoms with Crippen LogP contribution in [0.25, 0.3) is 0 Å². The lowest BCUT2D eigenvalue weighted by molar-refractivity contribution is 0.104. The Morgan fingerprint density at radius 1 is 1.22 bits per heavy atom. The van der Waals surface area contributed by atoms with Crippen molar-refractivity contribution in [1.29, 1.82) is 0 Å². The van der Waals surface area contributed by atoms with Gasteiger partial charge in [0.1, 0.15) is 0 Å². The highest BCUT2D eigenvalue weighted by molar-refractivity contribution is 5.11. The summed E-state index contributed by atoms with van der Waals surface area (Å²) in [4.78, 5) is 2.61. The molecule has 2 fully saturated rings. The van der Waals surface area contributed by atoms with Crippen molar-refractivity contribution < 1.29 is 4.74 Å². The summed E-state index contributed by atoms with van der Waals surface area (Å²) in [7, 11) is 1.62. The number of piperidine rings is 1. The highest BCUT2D eigenvalue weighted by Gasteiger charge is 2.34. The van der Waals surface area contributed by atoms with E-state index in [4.69, 9.17) is 4.74 Å². The summed E-state index contributed by atoms with van der Waals surface area (Å²) in [6.45, 7) is 2.16.